The number of carbonyl (C=O) groups is 1. The van der Waals surface area contributed by atoms with Gasteiger partial charge in [-0.3, -0.25) is 9.69 Å². The molecule has 2 aromatic carbocycles. The first kappa shape index (κ1) is 20.5. The molecule has 3 rings (SSSR count). The molecule has 0 radical (unpaired) electrons. The Kier molecular flexibility index (Phi) is 6.13. The van der Waals surface area contributed by atoms with E-state index in [4.69, 9.17) is 28.6 Å². The molecule has 0 unspecified atom stereocenters. The Balaban J connectivity index is 1.98. The molecular weight excluding hydrogens is 414 g/mol. The van der Waals surface area contributed by atoms with E-state index in [-0.39, 0.29) is 11.7 Å². The highest BCUT2D eigenvalue weighted by Gasteiger charge is 2.33. The molecule has 1 aliphatic rings. The van der Waals surface area contributed by atoms with Crippen LogP contribution in [0.15, 0.2) is 47.9 Å². The highest BCUT2D eigenvalue weighted by Crippen LogP contribution is 2.39. The number of phenolic OH excluding ortho intramolecular Hbond substituents is 1. The maximum Gasteiger partial charge on any atom is 0.270 e. The zero-order valence-electron chi connectivity index (χ0n) is 15.4. The van der Waals surface area contributed by atoms with E-state index in [0.29, 0.717) is 37.7 Å². The van der Waals surface area contributed by atoms with Crippen LogP contribution < -0.4 is 9.64 Å². The largest absolute Gasteiger partial charge is 0.504 e. The van der Waals surface area contributed by atoms with Crippen molar-refractivity contribution >= 4 is 57.6 Å². The predicted octanol–water partition coefficient (Wildman–Crippen LogP) is 5.50. The first-order valence-electron chi connectivity index (χ1n) is 8.40. The first-order chi connectivity index (χ1) is 13.3. The minimum atomic E-state index is -0.216. The Morgan fingerprint density at radius 3 is 2.75 bits per heavy atom. The number of phenols is 1. The van der Waals surface area contributed by atoms with Gasteiger partial charge in [0.05, 0.1) is 17.7 Å². The topological polar surface area (TPSA) is 49.8 Å². The standard InChI is InChI=1S/C21H18ClNO3S2/c1-4-5-14-8-13(9-17(26-3)19(14)24)10-18-20(25)23(21(27)28-18)15-7-6-12(2)16(22)11-15/h4,6-11,24H,1,5H2,2-3H3/b18-10-. The third kappa shape index (κ3) is 3.94. The van der Waals surface area contributed by atoms with E-state index in [1.807, 2.05) is 19.1 Å². The van der Waals surface area contributed by atoms with Gasteiger partial charge >= 0.3 is 0 Å². The van der Waals surface area contributed by atoms with E-state index in [2.05, 4.69) is 6.58 Å². The molecule has 2 aromatic rings. The van der Waals surface area contributed by atoms with E-state index in [9.17, 15) is 9.90 Å². The van der Waals surface area contributed by atoms with Crippen molar-refractivity contribution in [3.8, 4) is 11.5 Å². The minimum absolute atomic E-state index is 0.0707. The van der Waals surface area contributed by atoms with Gasteiger partial charge in [-0.25, -0.2) is 0 Å². The van der Waals surface area contributed by atoms with E-state index in [1.165, 1.54) is 23.8 Å². The molecule has 1 N–H and O–H groups in total. The van der Waals surface area contributed by atoms with Crippen molar-refractivity contribution in [3.05, 3.63) is 69.6 Å². The molecule has 0 aromatic heterocycles. The quantitative estimate of drug-likeness (QED) is 0.385. The molecule has 1 saturated heterocycles. The Labute approximate surface area is 178 Å². The molecule has 144 valence electrons. The molecule has 0 spiro atoms. The molecule has 1 aliphatic heterocycles. The summed E-state index contributed by atoms with van der Waals surface area (Å²) in [5.41, 5.74) is 2.96. The van der Waals surface area contributed by atoms with Crippen molar-refractivity contribution in [3.63, 3.8) is 0 Å². The summed E-state index contributed by atoms with van der Waals surface area (Å²) in [6.45, 7) is 5.60. The van der Waals surface area contributed by atoms with Crippen molar-refractivity contribution < 1.29 is 14.6 Å². The van der Waals surface area contributed by atoms with Gasteiger partial charge in [-0.1, -0.05) is 47.7 Å². The Morgan fingerprint density at radius 2 is 2.11 bits per heavy atom. The summed E-state index contributed by atoms with van der Waals surface area (Å²) in [6.07, 6.45) is 3.91. The van der Waals surface area contributed by atoms with E-state index < -0.39 is 0 Å². The normalized spacial score (nSPS) is 15.4. The fourth-order valence-corrected chi connectivity index (χ4v) is 4.28. The van der Waals surface area contributed by atoms with Crippen molar-refractivity contribution in [2.24, 2.45) is 0 Å². The van der Waals surface area contributed by atoms with Crippen LogP contribution in [0, 0.1) is 6.92 Å². The number of ether oxygens (including phenoxy) is 1. The zero-order valence-corrected chi connectivity index (χ0v) is 17.7. The van der Waals surface area contributed by atoms with Crippen molar-refractivity contribution in [1.82, 2.24) is 0 Å². The maximum absolute atomic E-state index is 13.0. The van der Waals surface area contributed by atoms with Crippen LogP contribution in [0.1, 0.15) is 16.7 Å². The lowest BCUT2D eigenvalue weighted by molar-refractivity contribution is -0.113. The fourth-order valence-electron chi connectivity index (χ4n) is 2.80. The molecular formula is C21H18ClNO3S2. The number of thiocarbonyl (C=S) groups is 1. The van der Waals surface area contributed by atoms with Crippen LogP contribution in [0.3, 0.4) is 0 Å². The number of allylic oxidation sites excluding steroid dienone is 1. The predicted molar refractivity (Wildman–Crippen MR) is 120 cm³/mol. The van der Waals surface area contributed by atoms with Gasteiger partial charge in [-0.15, -0.1) is 6.58 Å². The number of thioether (sulfide) groups is 1. The highest BCUT2D eigenvalue weighted by molar-refractivity contribution is 8.27. The van der Waals surface area contributed by atoms with Crippen molar-refractivity contribution in [1.29, 1.82) is 0 Å². The van der Waals surface area contributed by atoms with Gasteiger partial charge in [0.25, 0.3) is 5.91 Å². The van der Waals surface area contributed by atoms with Gasteiger partial charge in [-0.05, 0) is 54.8 Å². The molecule has 1 amide bonds. The van der Waals surface area contributed by atoms with Gasteiger partial charge in [-0.2, -0.15) is 0 Å². The SMILES string of the molecule is C=CCc1cc(/C=C2\SC(=S)N(c3ccc(C)c(Cl)c3)C2=O)cc(OC)c1O. The smallest absolute Gasteiger partial charge is 0.270 e. The molecule has 1 heterocycles. The number of rotatable bonds is 5. The molecule has 0 saturated carbocycles. The molecule has 0 atom stereocenters. The van der Waals surface area contributed by atoms with Crippen LogP contribution in [0.4, 0.5) is 5.69 Å². The molecule has 1 fully saturated rings. The summed E-state index contributed by atoms with van der Waals surface area (Å²) in [6, 6.07) is 8.88. The zero-order chi connectivity index (χ0) is 20.4. The summed E-state index contributed by atoms with van der Waals surface area (Å²) in [7, 11) is 1.48. The second kappa shape index (κ2) is 8.39. The Morgan fingerprint density at radius 1 is 1.36 bits per heavy atom. The molecule has 7 heteroatoms. The van der Waals surface area contributed by atoms with Crippen LogP contribution in [0.25, 0.3) is 6.08 Å². The maximum atomic E-state index is 13.0. The lowest BCUT2D eigenvalue weighted by Gasteiger charge is -2.15. The average Bonchev–Trinajstić information content (AvgIpc) is 2.93. The summed E-state index contributed by atoms with van der Waals surface area (Å²) < 4.78 is 5.68. The van der Waals surface area contributed by atoms with E-state index >= 15 is 0 Å². The number of benzene rings is 2. The fraction of sp³-hybridized carbons (Fsp3) is 0.143. The van der Waals surface area contributed by atoms with Crippen LogP contribution in [-0.2, 0) is 11.2 Å². The van der Waals surface area contributed by atoms with Crippen molar-refractivity contribution in [2.75, 3.05) is 12.0 Å². The van der Waals surface area contributed by atoms with Crippen LogP contribution in [0.2, 0.25) is 5.02 Å². The Hall–Kier alpha value is -2.28. The number of nitrogens with zero attached hydrogens (tertiary/aromatic N) is 1. The van der Waals surface area contributed by atoms with Crippen LogP contribution in [0.5, 0.6) is 11.5 Å². The number of aryl methyl sites for hydroxylation is 1. The van der Waals surface area contributed by atoms with Crippen LogP contribution in [-0.4, -0.2) is 22.4 Å². The van der Waals surface area contributed by atoms with Gasteiger partial charge in [0.1, 0.15) is 0 Å². The lowest BCUT2D eigenvalue weighted by atomic mass is 10.1. The molecule has 0 aliphatic carbocycles. The number of methoxy groups -OCH3 is 1. The minimum Gasteiger partial charge on any atom is -0.504 e. The number of halogens is 1. The van der Waals surface area contributed by atoms with E-state index in [1.54, 1.807) is 30.4 Å². The molecule has 0 bridgehead atoms. The lowest BCUT2D eigenvalue weighted by Crippen LogP contribution is -2.27. The third-order valence-corrected chi connectivity index (χ3v) is 5.97. The number of carbonyl (C=O) groups excluding carboxylic acids is 1. The summed E-state index contributed by atoms with van der Waals surface area (Å²) in [5.74, 6) is 0.194. The number of anilines is 1. The highest BCUT2D eigenvalue weighted by atomic mass is 35.5. The molecule has 4 nitrogen and oxygen atoms in total. The third-order valence-electron chi connectivity index (χ3n) is 4.27. The second-order valence-corrected chi connectivity index (χ2v) is 8.26. The summed E-state index contributed by atoms with van der Waals surface area (Å²) in [5, 5.41) is 10.8. The number of hydrogen-bond donors (Lipinski definition) is 1. The molecule has 28 heavy (non-hydrogen) atoms. The number of hydrogen-bond acceptors (Lipinski definition) is 5. The first-order valence-corrected chi connectivity index (χ1v) is 10.0. The van der Waals surface area contributed by atoms with Crippen molar-refractivity contribution in [2.45, 2.75) is 13.3 Å². The van der Waals surface area contributed by atoms with Gasteiger partial charge < -0.3 is 9.84 Å². The number of aromatic hydroxyl groups is 1. The van der Waals surface area contributed by atoms with Gasteiger partial charge in [0.2, 0.25) is 0 Å². The number of amides is 1. The monoisotopic (exact) mass is 431 g/mol. The van der Waals surface area contributed by atoms with Gasteiger partial charge in [0.15, 0.2) is 15.8 Å². The Bertz CT molecular complexity index is 1020. The average molecular weight is 432 g/mol. The van der Waals surface area contributed by atoms with Crippen LogP contribution >= 0.6 is 35.6 Å². The summed E-state index contributed by atoms with van der Waals surface area (Å²) in [4.78, 5) is 14.9. The second-order valence-electron chi connectivity index (χ2n) is 6.17. The van der Waals surface area contributed by atoms with Gasteiger partial charge in [0, 0.05) is 10.6 Å². The summed E-state index contributed by atoms with van der Waals surface area (Å²) >= 11 is 12.8. The van der Waals surface area contributed by atoms with E-state index in [0.717, 1.165) is 11.1 Å².